The molecule has 0 saturated carbocycles. The molecule has 2 aromatic carbocycles. The molecule has 2 aromatic rings. The third-order valence-corrected chi connectivity index (χ3v) is 4.05. The first-order chi connectivity index (χ1) is 9.63. The zero-order valence-electron chi connectivity index (χ0n) is 10.7. The average molecular weight is 359 g/mol. The van der Waals surface area contributed by atoms with Crippen molar-refractivity contribution in [1.29, 1.82) is 0 Å². The van der Waals surface area contributed by atoms with Crippen molar-refractivity contribution in [3.05, 3.63) is 62.8 Å². The molecule has 0 radical (unpaired) electrons. The Kier molecular flexibility index (Phi) is 5.40. The van der Waals surface area contributed by atoms with Gasteiger partial charge in [-0.05, 0) is 46.6 Å². The van der Waals surface area contributed by atoms with Crippen molar-refractivity contribution in [3.8, 4) is 5.75 Å². The van der Waals surface area contributed by atoms with Crippen LogP contribution in [0.25, 0.3) is 0 Å². The van der Waals surface area contributed by atoms with E-state index < -0.39 is 0 Å². The van der Waals surface area contributed by atoms with Crippen LogP contribution in [-0.2, 0) is 13.0 Å². The number of nitrogens with two attached hydrogens (primary N) is 1. The van der Waals surface area contributed by atoms with Crippen molar-refractivity contribution < 1.29 is 9.13 Å². The predicted octanol–water partition coefficient (Wildman–Crippen LogP) is 4.32. The van der Waals surface area contributed by atoms with E-state index in [0.29, 0.717) is 28.2 Å². The van der Waals surface area contributed by atoms with Gasteiger partial charge in [-0.2, -0.15) is 0 Å². The largest absolute Gasteiger partial charge is 0.487 e. The molecule has 5 heteroatoms. The van der Waals surface area contributed by atoms with Gasteiger partial charge in [0.2, 0.25) is 0 Å². The molecule has 0 atom stereocenters. The van der Waals surface area contributed by atoms with Crippen molar-refractivity contribution >= 4 is 27.5 Å². The molecule has 2 nitrogen and oxygen atoms in total. The molecular weight excluding hydrogens is 345 g/mol. The quantitative estimate of drug-likeness (QED) is 0.864. The number of benzene rings is 2. The molecule has 0 unspecified atom stereocenters. The SMILES string of the molecule is NCCc1cccc(Cl)c1OCc1cccc(F)c1Br. The third-order valence-electron chi connectivity index (χ3n) is 2.87. The summed E-state index contributed by atoms with van der Waals surface area (Å²) >= 11 is 9.36. The Morgan fingerprint density at radius 2 is 1.85 bits per heavy atom. The topological polar surface area (TPSA) is 35.2 Å². The lowest BCUT2D eigenvalue weighted by molar-refractivity contribution is 0.301. The Morgan fingerprint density at radius 1 is 1.15 bits per heavy atom. The Balaban J connectivity index is 2.20. The smallest absolute Gasteiger partial charge is 0.141 e. The highest BCUT2D eigenvalue weighted by molar-refractivity contribution is 9.10. The fourth-order valence-electron chi connectivity index (χ4n) is 1.88. The average Bonchev–Trinajstić information content (AvgIpc) is 2.43. The van der Waals surface area contributed by atoms with Crippen LogP contribution in [0.1, 0.15) is 11.1 Å². The molecule has 0 spiro atoms. The molecule has 0 aliphatic carbocycles. The summed E-state index contributed by atoms with van der Waals surface area (Å²) in [5.41, 5.74) is 7.25. The standard InChI is InChI=1S/C15H14BrClFNO/c16-14-11(4-2-6-13(14)18)9-20-15-10(7-8-19)3-1-5-12(15)17/h1-6H,7-9,19H2. The lowest BCUT2D eigenvalue weighted by Crippen LogP contribution is -2.06. The van der Waals surface area contributed by atoms with Gasteiger partial charge in [-0.1, -0.05) is 35.9 Å². The van der Waals surface area contributed by atoms with E-state index in [4.69, 9.17) is 22.1 Å². The van der Waals surface area contributed by atoms with Crippen LogP contribution in [-0.4, -0.2) is 6.54 Å². The van der Waals surface area contributed by atoms with E-state index in [2.05, 4.69) is 15.9 Å². The summed E-state index contributed by atoms with van der Waals surface area (Å²) in [6.45, 7) is 0.750. The molecule has 0 bridgehead atoms. The van der Waals surface area contributed by atoms with Crippen molar-refractivity contribution in [2.45, 2.75) is 13.0 Å². The molecule has 0 saturated heterocycles. The summed E-state index contributed by atoms with van der Waals surface area (Å²) in [6.07, 6.45) is 0.681. The van der Waals surface area contributed by atoms with Crippen LogP contribution in [0.3, 0.4) is 0 Å². The first-order valence-corrected chi connectivity index (χ1v) is 7.33. The van der Waals surface area contributed by atoms with Crippen molar-refractivity contribution in [3.63, 3.8) is 0 Å². The zero-order valence-corrected chi connectivity index (χ0v) is 13.0. The Hall–Kier alpha value is -1.10. The first kappa shape index (κ1) is 15.3. The molecule has 20 heavy (non-hydrogen) atoms. The zero-order chi connectivity index (χ0) is 14.5. The lowest BCUT2D eigenvalue weighted by Gasteiger charge is -2.13. The second-order valence-corrected chi connectivity index (χ2v) is 5.47. The molecule has 0 fully saturated rings. The maximum absolute atomic E-state index is 13.4. The molecular formula is C15H14BrClFNO. The van der Waals surface area contributed by atoms with Gasteiger partial charge in [0, 0.05) is 5.56 Å². The van der Waals surface area contributed by atoms with Crippen molar-refractivity contribution in [1.82, 2.24) is 0 Å². The highest BCUT2D eigenvalue weighted by atomic mass is 79.9. The highest BCUT2D eigenvalue weighted by Gasteiger charge is 2.10. The van der Waals surface area contributed by atoms with Gasteiger partial charge in [0.25, 0.3) is 0 Å². The summed E-state index contributed by atoms with van der Waals surface area (Å²) < 4.78 is 19.6. The van der Waals surface area contributed by atoms with E-state index in [0.717, 1.165) is 11.1 Å². The Bertz CT molecular complexity index is 606. The van der Waals surface area contributed by atoms with Gasteiger partial charge in [-0.15, -0.1) is 0 Å². The Labute approximate surface area is 130 Å². The van der Waals surface area contributed by atoms with E-state index >= 15 is 0 Å². The van der Waals surface area contributed by atoms with Gasteiger partial charge < -0.3 is 10.5 Å². The fraction of sp³-hybridized carbons (Fsp3) is 0.200. The lowest BCUT2D eigenvalue weighted by atomic mass is 10.1. The van der Waals surface area contributed by atoms with Gasteiger partial charge in [-0.3, -0.25) is 0 Å². The van der Waals surface area contributed by atoms with Crippen molar-refractivity contribution in [2.75, 3.05) is 6.54 Å². The molecule has 0 heterocycles. The summed E-state index contributed by atoms with van der Waals surface area (Å²) in [5.74, 6) is 0.295. The number of para-hydroxylation sites is 1. The van der Waals surface area contributed by atoms with E-state index in [9.17, 15) is 4.39 Å². The second kappa shape index (κ2) is 7.07. The number of hydrogen-bond acceptors (Lipinski definition) is 2. The van der Waals surface area contributed by atoms with E-state index in [-0.39, 0.29) is 12.4 Å². The Morgan fingerprint density at radius 3 is 2.60 bits per heavy atom. The highest BCUT2D eigenvalue weighted by Crippen LogP contribution is 2.30. The van der Waals surface area contributed by atoms with E-state index in [1.54, 1.807) is 18.2 Å². The summed E-state index contributed by atoms with van der Waals surface area (Å²) in [5, 5.41) is 0.531. The van der Waals surface area contributed by atoms with Crippen LogP contribution < -0.4 is 10.5 Å². The molecule has 0 aliphatic rings. The molecule has 2 rings (SSSR count). The molecule has 0 aromatic heterocycles. The normalized spacial score (nSPS) is 10.6. The molecule has 0 aliphatic heterocycles. The minimum Gasteiger partial charge on any atom is -0.487 e. The summed E-state index contributed by atoms with van der Waals surface area (Å²) in [4.78, 5) is 0. The number of rotatable bonds is 5. The van der Waals surface area contributed by atoms with Crippen LogP contribution in [0, 0.1) is 5.82 Å². The minimum atomic E-state index is -0.313. The maximum Gasteiger partial charge on any atom is 0.141 e. The fourth-order valence-corrected chi connectivity index (χ4v) is 2.50. The van der Waals surface area contributed by atoms with Crippen LogP contribution in [0.15, 0.2) is 40.9 Å². The van der Waals surface area contributed by atoms with Crippen LogP contribution >= 0.6 is 27.5 Å². The summed E-state index contributed by atoms with van der Waals surface area (Å²) in [6, 6.07) is 10.4. The number of halogens is 3. The number of hydrogen-bond donors (Lipinski definition) is 1. The monoisotopic (exact) mass is 357 g/mol. The van der Waals surface area contributed by atoms with Crippen molar-refractivity contribution in [2.24, 2.45) is 5.73 Å². The molecule has 2 N–H and O–H groups in total. The first-order valence-electron chi connectivity index (χ1n) is 6.16. The maximum atomic E-state index is 13.4. The van der Waals surface area contributed by atoms with Gasteiger partial charge >= 0.3 is 0 Å². The van der Waals surface area contributed by atoms with Crippen LogP contribution in [0.4, 0.5) is 4.39 Å². The second-order valence-electron chi connectivity index (χ2n) is 4.27. The van der Waals surface area contributed by atoms with E-state index in [1.165, 1.54) is 6.07 Å². The molecule has 0 amide bonds. The van der Waals surface area contributed by atoms with Crippen LogP contribution in [0.5, 0.6) is 5.75 Å². The predicted molar refractivity (Wildman–Crippen MR) is 82.6 cm³/mol. The van der Waals surface area contributed by atoms with Gasteiger partial charge in [0.05, 0.1) is 9.50 Å². The van der Waals surface area contributed by atoms with Gasteiger partial charge in [0.1, 0.15) is 18.2 Å². The van der Waals surface area contributed by atoms with Gasteiger partial charge in [0.15, 0.2) is 0 Å². The summed E-state index contributed by atoms with van der Waals surface area (Å²) in [7, 11) is 0. The third kappa shape index (κ3) is 3.51. The number of ether oxygens (including phenoxy) is 1. The molecule has 106 valence electrons. The van der Waals surface area contributed by atoms with Gasteiger partial charge in [-0.25, -0.2) is 4.39 Å². The van der Waals surface area contributed by atoms with E-state index in [1.807, 2.05) is 12.1 Å². The minimum absolute atomic E-state index is 0.236. The van der Waals surface area contributed by atoms with Crippen LogP contribution in [0.2, 0.25) is 5.02 Å².